The molecule has 2 heterocycles. The van der Waals surface area contributed by atoms with E-state index in [0.29, 0.717) is 0 Å². The Morgan fingerprint density at radius 2 is 1.94 bits per heavy atom. The van der Waals surface area contributed by atoms with Crippen LogP contribution in [0.25, 0.3) is 0 Å². The highest BCUT2D eigenvalue weighted by atomic mass is 16.5. The largest absolute Gasteiger partial charge is 0.487 e. The van der Waals surface area contributed by atoms with Gasteiger partial charge in [0, 0.05) is 23.9 Å². The van der Waals surface area contributed by atoms with Crippen LogP contribution in [0.4, 0.5) is 0 Å². The van der Waals surface area contributed by atoms with E-state index >= 15 is 0 Å². The predicted molar refractivity (Wildman–Crippen MR) is 58.1 cm³/mol. The van der Waals surface area contributed by atoms with E-state index in [1.54, 1.807) is 10.9 Å². The SMILES string of the molecule is CC1(C)CC([n+]2cc(=N)o[n-]2)CC(C)(C)N1O. The lowest BCUT2D eigenvalue weighted by Gasteiger charge is -2.49. The number of rotatable bonds is 1. The summed E-state index contributed by atoms with van der Waals surface area (Å²) in [6.07, 6.45) is 3.12. The molecule has 1 saturated heterocycles. The lowest BCUT2D eigenvalue weighted by molar-refractivity contribution is -0.796. The zero-order valence-corrected chi connectivity index (χ0v) is 10.8. The van der Waals surface area contributed by atoms with E-state index < -0.39 is 0 Å². The Morgan fingerprint density at radius 1 is 1.41 bits per heavy atom. The van der Waals surface area contributed by atoms with Gasteiger partial charge in [0.1, 0.15) is 0 Å². The van der Waals surface area contributed by atoms with Gasteiger partial charge in [0.05, 0.1) is 0 Å². The molecule has 1 fully saturated rings. The van der Waals surface area contributed by atoms with Crippen LogP contribution in [0.3, 0.4) is 0 Å². The number of hydroxylamine groups is 2. The summed E-state index contributed by atoms with van der Waals surface area (Å²) in [5.41, 5.74) is -0.576. The van der Waals surface area contributed by atoms with Gasteiger partial charge in [0.2, 0.25) is 6.20 Å². The minimum Gasteiger partial charge on any atom is -0.487 e. The van der Waals surface area contributed by atoms with Gasteiger partial charge in [-0.15, -0.1) is 0 Å². The lowest BCUT2D eigenvalue weighted by Crippen LogP contribution is -2.63. The Hall–Kier alpha value is -1.14. The Balaban J connectivity index is 2.30. The predicted octanol–water partition coefficient (Wildman–Crippen LogP) is 0.587. The van der Waals surface area contributed by atoms with Crippen molar-refractivity contribution in [3.05, 3.63) is 11.8 Å². The summed E-state index contributed by atoms with van der Waals surface area (Å²) in [4.78, 5) is 0. The zero-order valence-electron chi connectivity index (χ0n) is 10.8. The quantitative estimate of drug-likeness (QED) is 0.704. The highest BCUT2D eigenvalue weighted by molar-refractivity contribution is 4.94. The summed E-state index contributed by atoms with van der Waals surface area (Å²) in [6.45, 7) is 8.01. The second-order valence-electron chi connectivity index (χ2n) is 6.05. The van der Waals surface area contributed by atoms with Crippen molar-refractivity contribution < 1.29 is 14.4 Å². The summed E-state index contributed by atoms with van der Waals surface area (Å²) < 4.78 is 6.48. The Kier molecular flexibility index (Phi) is 2.67. The lowest BCUT2D eigenvalue weighted by atomic mass is 9.79. The zero-order chi connectivity index (χ0) is 12.8. The van der Waals surface area contributed by atoms with Crippen LogP contribution in [0, 0.1) is 5.41 Å². The summed E-state index contributed by atoms with van der Waals surface area (Å²) in [5.74, 6) is 0. The molecule has 1 aliphatic rings. The van der Waals surface area contributed by atoms with Gasteiger partial charge < -0.3 is 9.73 Å². The van der Waals surface area contributed by atoms with Gasteiger partial charge in [-0.2, -0.15) is 5.06 Å². The van der Waals surface area contributed by atoms with Crippen LogP contribution in [0.15, 0.2) is 10.7 Å². The molecule has 0 aliphatic carbocycles. The molecule has 0 spiro atoms. The molecule has 1 aromatic rings. The van der Waals surface area contributed by atoms with Crippen molar-refractivity contribution >= 4 is 0 Å². The van der Waals surface area contributed by atoms with Crippen LogP contribution in [-0.2, 0) is 0 Å². The third-order valence-electron chi connectivity index (χ3n) is 3.47. The van der Waals surface area contributed by atoms with Crippen LogP contribution in [0.1, 0.15) is 46.6 Å². The summed E-state index contributed by atoms with van der Waals surface area (Å²) in [5, 5.41) is 22.8. The minimum absolute atomic E-state index is 0.0621. The number of piperidine rings is 1. The molecule has 2 rings (SSSR count). The van der Waals surface area contributed by atoms with E-state index in [9.17, 15) is 5.21 Å². The van der Waals surface area contributed by atoms with E-state index in [1.807, 2.05) is 27.7 Å². The second kappa shape index (κ2) is 3.68. The molecule has 6 nitrogen and oxygen atoms in total. The van der Waals surface area contributed by atoms with E-state index in [4.69, 9.17) is 9.93 Å². The van der Waals surface area contributed by atoms with Crippen LogP contribution in [0.5, 0.6) is 0 Å². The molecule has 6 heteroatoms. The van der Waals surface area contributed by atoms with Crippen molar-refractivity contribution in [2.45, 2.75) is 57.7 Å². The maximum atomic E-state index is 10.2. The van der Waals surface area contributed by atoms with Gasteiger partial charge in [0.25, 0.3) is 5.55 Å². The number of hydrogen-bond acceptors (Lipinski definition) is 4. The molecule has 1 aliphatic heterocycles. The average molecular weight is 240 g/mol. The highest BCUT2D eigenvalue weighted by Gasteiger charge is 2.47. The van der Waals surface area contributed by atoms with Crippen LogP contribution < -0.4 is 15.5 Å². The van der Waals surface area contributed by atoms with Crippen LogP contribution in [-0.4, -0.2) is 21.3 Å². The molecule has 0 atom stereocenters. The van der Waals surface area contributed by atoms with Gasteiger partial charge >= 0.3 is 0 Å². The number of nitrogens with zero attached hydrogens (tertiary/aromatic N) is 3. The summed E-state index contributed by atoms with van der Waals surface area (Å²) >= 11 is 0. The minimum atomic E-state index is -0.319. The van der Waals surface area contributed by atoms with E-state index in [0.717, 1.165) is 12.8 Å². The molecule has 0 saturated carbocycles. The number of aromatic nitrogens is 2. The van der Waals surface area contributed by atoms with E-state index in [2.05, 4.69) is 5.27 Å². The van der Waals surface area contributed by atoms with Crippen molar-refractivity contribution in [2.75, 3.05) is 0 Å². The molecule has 0 aromatic carbocycles. The van der Waals surface area contributed by atoms with Crippen LogP contribution >= 0.6 is 0 Å². The van der Waals surface area contributed by atoms with Crippen molar-refractivity contribution in [2.24, 2.45) is 0 Å². The van der Waals surface area contributed by atoms with Gasteiger partial charge in [-0.05, 0) is 27.7 Å². The fourth-order valence-corrected chi connectivity index (χ4v) is 2.84. The van der Waals surface area contributed by atoms with Crippen molar-refractivity contribution in [1.82, 2.24) is 10.3 Å². The first-order valence-electron chi connectivity index (χ1n) is 5.81. The molecule has 1 aromatic heterocycles. The maximum absolute atomic E-state index is 10.2. The smallest absolute Gasteiger partial charge is 0.264 e. The number of nitrogens with one attached hydrogen (secondary N) is 1. The molecule has 0 unspecified atom stereocenters. The van der Waals surface area contributed by atoms with Crippen molar-refractivity contribution in [3.8, 4) is 0 Å². The molecule has 0 bridgehead atoms. The first-order chi connectivity index (χ1) is 7.72. The van der Waals surface area contributed by atoms with Crippen LogP contribution in [0.2, 0.25) is 0 Å². The molecular weight excluding hydrogens is 220 g/mol. The highest BCUT2D eigenvalue weighted by Crippen LogP contribution is 2.39. The van der Waals surface area contributed by atoms with E-state index in [-0.39, 0.29) is 22.7 Å². The summed E-state index contributed by atoms with van der Waals surface area (Å²) in [6, 6.07) is 0.145. The fourth-order valence-electron chi connectivity index (χ4n) is 2.84. The fraction of sp³-hybridized carbons (Fsp3) is 0.818. The van der Waals surface area contributed by atoms with Crippen molar-refractivity contribution in [1.29, 1.82) is 5.41 Å². The Bertz CT molecular complexity index is 442. The molecule has 2 N–H and O–H groups in total. The molecule has 96 valence electrons. The molecule has 0 amide bonds. The topological polar surface area (TPSA) is 78.4 Å². The molecular formula is C11H20N4O2. The monoisotopic (exact) mass is 240 g/mol. The normalized spacial score (nSPS) is 25.0. The molecule has 17 heavy (non-hydrogen) atoms. The van der Waals surface area contributed by atoms with Gasteiger partial charge in [-0.25, -0.2) is 4.68 Å². The summed E-state index contributed by atoms with van der Waals surface area (Å²) in [7, 11) is 0. The first-order valence-corrected chi connectivity index (χ1v) is 5.81. The number of hydrogen-bond donors (Lipinski definition) is 2. The third kappa shape index (κ3) is 2.14. The Morgan fingerprint density at radius 3 is 2.35 bits per heavy atom. The Labute approximate surface area is 100 Å². The standard InChI is InChI=1S/C11H20N4O2/c1-10(2)5-8(6-11(3,4)15(10)16)14-7-9(12)17-13-14/h7-8,12,16H,5-6H2,1-4H3. The average Bonchev–Trinajstić information content (AvgIpc) is 2.60. The van der Waals surface area contributed by atoms with Gasteiger partial charge in [0.15, 0.2) is 6.04 Å². The van der Waals surface area contributed by atoms with Crippen molar-refractivity contribution in [3.63, 3.8) is 0 Å². The third-order valence-corrected chi connectivity index (χ3v) is 3.47. The van der Waals surface area contributed by atoms with Gasteiger partial charge in [-0.3, -0.25) is 10.7 Å². The van der Waals surface area contributed by atoms with E-state index in [1.165, 1.54) is 5.06 Å². The second-order valence-corrected chi connectivity index (χ2v) is 6.05. The maximum Gasteiger partial charge on any atom is 0.264 e. The van der Waals surface area contributed by atoms with Gasteiger partial charge in [-0.1, -0.05) is 0 Å². The molecule has 0 radical (unpaired) electrons. The first kappa shape index (κ1) is 12.3.